The van der Waals surface area contributed by atoms with Crippen molar-refractivity contribution in [2.24, 2.45) is 0 Å². The summed E-state index contributed by atoms with van der Waals surface area (Å²) < 4.78 is 0. The van der Waals surface area contributed by atoms with E-state index in [2.05, 4.69) is 74.1 Å². The normalized spacial score (nSPS) is 10.1. The molecule has 0 saturated heterocycles. The van der Waals surface area contributed by atoms with Gasteiger partial charge in [0.2, 0.25) is 0 Å². The number of hydrogen-bond donors (Lipinski definition) is 0. The van der Waals surface area contributed by atoms with Gasteiger partial charge in [0.25, 0.3) is 0 Å². The van der Waals surface area contributed by atoms with Crippen LogP contribution in [0, 0.1) is 0 Å². The topological polar surface area (TPSA) is 3.24 Å². The molecule has 1 nitrogen and oxygen atoms in total. The van der Waals surface area contributed by atoms with Crippen molar-refractivity contribution in [3.05, 3.63) is 71.8 Å². The van der Waals surface area contributed by atoms with Gasteiger partial charge in [0.1, 0.15) is 0 Å². The third-order valence-corrected chi connectivity index (χ3v) is 3.13. The van der Waals surface area contributed by atoms with Crippen LogP contribution in [-0.2, 0) is 6.42 Å². The molecular formula is C17H19N. The molecule has 0 aromatic heterocycles. The molecule has 0 spiro atoms. The molecule has 0 saturated carbocycles. The number of benzene rings is 2. The Labute approximate surface area is 109 Å². The molecule has 0 atom stereocenters. The van der Waals surface area contributed by atoms with E-state index in [9.17, 15) is 0 Å². The summed E-state index contributed by atoms with van der Waals surface area (Å²) in [6, 6.07) is 16.9. The van der Waals surface area contributed by atoms with Crippen LogP contribution in [0.25, 0.3) is 6.08 Å². The van der Waals surface area contributed by atoms with Gasteiger partial charge in [-0.05, 0) is 22.8 Å². The molecule has 2 aromatic carbocycles. The quantitative estimate of drug-likeness (QED) is 0.777. The number of para-hydroxylation sites is 1. The second-order valence-electron chi connectivity index (χ2n) is 4.60. The molecule has 0 radical (unpaired) electrons. The second-order valence-corrected chi connectivity index (χ2v) is 4.60. The number of hydrogen-bond acceptors (Lipinski definition) is 1. The lowest BCUT2D eigenvalue weighted by molar-refractivity contribution is 1.08. The van der Waals surface area contributed by atoms with Crippen LogP contribution < -0.4 is 4.90 Å². The summed E-state index contributed by atoms with van der Waals surface area (Å²) in [4.78, 5) is 2.16. The standard InChI is InChI=1S/C17H19N/c1-4-14-9-5-6-10-15(14)13-16-11-7-8-12-17(16)18(2)3/h4-12H,1,13H2,2-3H3. The number of anilines is 1. The van der Waals surface area contributed by atoms with Gasteiger partial charge in [0.05, 0.1) is 0 Å². The molecule has 0 heterocycles. The largest absolute Gasteiger partial charge is 0.377 e. The lowest BCUT2D eigenvalue weighted by Crippen LogP contribution is -2.11. The summed E-state index contributed by atoms with van der Waals surface area (Å²) in [5.41, 5.74) is 5.15. The van der Waals surface area contributed by atoms with Crippen molar-refractivity contribution < 1.29 is 0 Å². The first-order valence-corrected chi connectivity index (χ1v) is 6.18. The molecule has 0 unspecified atom stereocenters. The van der Waals surface area contributed by atoms with Crippen molar-refractivity contribution in [3.63, 3.8) is 0 Å². The summed E-state index contributed by atoms with van der Waals surface area (Å²) in [6.07, 6.45) is 2.87. The zero-order valence-electron chi connectivity index (χ0n) is 11.1. The van der Waals surface area contributed by atoms with Crippen LogP contribution in [0.2, 0.25) is 0 Å². The molecule has 0 N–H and O–H groups in total. The molecule has 18 heavy (non-hydrogen) atoms. The zero-order valence-corrected chi connectivity index (χ0v) is 11.1. The summed E-state index contributed by atoms with van der Waals surface area (Å²) in [6.45, 7) is 3.88. The smallest absolute Gasteiger partial charge is 0.0396 e. The Bertz CT molecular complexity index is 541. The SMILES string of the molecule is C=Cc1ccccc1Cc1ccccc1N(C)C. The van der Waals surface area contributed by atoms with Crippen LogP contribution in [0.5, 0.6) is 0 Å². The van der Waals surface area contributed by atoms with Crippen LogP contribution in [0.3, 0.4) is 0 Å². The van der Waals surface area contributed by atoms with Gasteiger partial charge in [-0.2, -0.15) is 0 Å². The lowest BCUT2D eigenvalue weighted by atomic mass is 9.98. The lowest BCUT2D eigenvalue weighted by Gasteiger charge is -2.18. The highest BCUT2D eigenvalue weighted by Crippen LogP contribution is 2.23. The fourth-order valence-corrected chi connectivity index (χ4v) is 2.20. The van der Waals surface area contributed by atoms with E-state index in [1.54, 1.807) is 0 Å². The van der Waals surface area contributed by atoms with Crippen LogP contribution in [0.4, 0.5) is 5.69 Å². The van der Waals surface area contributed by atoms with E-state index in [0.29, 0.717) is 0 Å². The van der Waals surface area contributed by atoms with Crippen LogP contribution >= 0.6 is 0 Å². The fourth-order valence-electron chi connectivity index (χ4n) is 2.20. The first kappa shape index (κ1) is 12.4. The number of nitrogens with zero attached hydrogens (tertiary/aromatic N) is 1. The van der Waals surface area contributed by atoms with Crippen LogP contribution in [0.1, 0.15) is 16.7 Å². The molecule has 2 rings (SSSR count). The predicted octanol–water partition coefficient (Wildman–Crippen LogP) is 3.99. The zero-order chi connectivity index (χ0) is 13.0. The highest BCUT2D eigenvalue weighted by molar-refractivity contribution is 5.58. The van der Waals surface area contributed by atoms with E-state index in [-0.39, 0.29) is 0 Å². The van der Waals surface area contributed by atoms with Crippen molar-refractivity contribution >= 4 is 11.8 Å². The molecule has 1 heteroatoms. The van der Waals surface area contributed by atoms with Gasteiger partial charge >= 0.3 is 0 Å². The molecule has 92 valence electrons. The average molecular weight is 237 g/mol. The van der Waals surface area contributed by atoms with Crippen molar-refractivity contribution in [2.75, 3.05) is 19.0 Å². The molecule has 0 aliphatic carbocycles. The van der Waals surface area contributed by atoms with Gasteiger partial charge in [0, 0.05) is 26.2 Å². The molecule has 0 aliphatic heterocycles. The predicted molar refractivity (Wildman–Crippen MR) is 80.1 cm³/mol. The Morgan fingerprint density at radius 3 is 2.22 bits per heavy atom. The number of rotatable bonds is 4. The molecule has 2 aromatic rings. The average Bonchev–Trinajstić information content (AvgIpc) is 2.40. The van der Waals surface area contributed by atoms with Gasteiger partial charge in [0.15, 0.2) is 0 Å². The Hall–Kier alpha value is -2.02. The maximum Gasteiger partial charge on any atom is 0.0396 e. The molecule has 0 fully saturated rings. The third-order valence-electron chi connectivity index (χ3n) is 3.13. The van der Waals surface area contributed by atoms with E-state index in [4.69, 9.17) is 0 Å². The molecular weight excluding hydrogens is 218 g/mol. The Balaban J connectivity index is 2.37. The molecule has 0 amide bonds. The van der Waals surface area contributed by atoms with Gasteiger partial charge in [-0.15, -0.1) is 0 Å². The summed E-state index contributed by atoms with van der Waals surface area (Å²) in [7, 11) is 4.16. The van der Waals surface area contributed by atoms with Crippen molar-refractivity contribution in [1.82, 2.24) is 0 Å². The highest BCUT2D eigenvalue weighted by atomic mass is 15.1. The first-order chi connectivity index (χ1) is 8.72. The maximum absolute atomic E-state index is 3.88. The Morgan fingerprint density at radius 1 is 0.944 bits per heavy atom. The minimum atomic E-state index is 0.941. The summed E-state index contributed by atoms with van der Waals surface area (Å²) in [5.74, 6) is 0. The highest BCUT2D eigenvalue weighted by Gasteiger charge is 2.06. The maximum atomic E-state index is 3.88. The third kappa shape index (κ3) is 2.62. The summed E-state index contributed by atoms with van der Waals surface area (Å²) in [5, 5.41) is 0. The van der Waals surface area contributed by atoms with E-state index in [0.717, 1.165) is 6.42 Å². The van der Waals surface area contributed by atoms with E-state index in [1.165, 1.54) is 22.4 Å². The van der Waals surface area contributed by atoms with Gasteiger partial charge in [-0.25, -0.2) is 0 Å². The minimum Gasteiger partial charge on any atom is -0.377 e. The van der Waals surface area contributed by atoms with E-state index < -0.39 is 0 Å². The van der Waals surface area contributed by atoms with Crippen LogP contribution in [-0.4, -0.2) is 14.1 Å². The first-order valence-electron chi connectivity index (χ1n) is 6.18. The van der Waals surface area contributed by atoms with Crippen molar-refractivity contribution in [2.45, 2.75) is 6.42 Å². The molecule has 0 bridgehead atoms. The van der Waals surface area contributed by atoms with Crippen molar-refractivity contribution in [1.29, 1.82) is 0 Å². The monoisotopic (exact) mass is 237 g/mol. The Kier molecular flexibility index (Phi) is 3.83. The Morgan fingerprint density at radius 2 is 1.56 bits per heavy atom. The van der Waals surface area contributed by atoms with Gasteiger partial charge in [-0.1, -0.05) is 55.1 Å². The van der Waals surface area contributed by atoms with Gasteiger partial charge < -0.3 is 4.90 Å². The minimum absolute atomic E-state index is 0.941. The van der Waals surface area contributed by atoms with E-state index in [1.807, 2.05) is 6.08 Å². The van der Waals surface area contributed by atoms with Crippen molar-refractivity contribution in [3.8, 4) is 0 Å². The fraction of sp³-hybridized carbons (Fsp3) is 0.176. The summed E-state index contributed by atoms with van der Waals surface area (Å²) >= 11 is 0. The van der Waals surface area contributed by atoms with Gasteiger partial charge in [-0.3, -0.25) is 0 Å². The van der Waals surface area contributed by atoms with Crippen LogP contribution in [0.15, 0.2) is 55.1 Å². The molecule has 0 aliphatic rings. The van der Waals surface area contributed by atoms with E-state index >= 15 is 0 Å². The second kappa shape index (κ2) is 5.54.